The molecule has 0 aliphatic carbocycles. The third-order valence-electron chi connectivity index (χ3n) is 4.50. The molecule has 0 bridgehead atoms. The third kappa shape index (κ3) is 3.56. The molecule has 132 valence electrons. The van der Waals surface area contributed by atoms with Crippen LogP contribution in [0, 0.1) is 13.8 Å². The number of nitrogens with zero attached hydrogens (tertiary/aromatic N) is 3. The molecule has 0 unspecified atom stereocenters. The molecule has 2 aliphatic heterocycles. The SMILES string of the molecule is Cc1ccc(S(=O)(=O)N2CCN(CN3CCOC3=S)CC2)c(C)c1. The van der Waals surface area contributed by atoms with Gasteiger partial charge in [0.2, 0.25) is 10.0 Å². The van der Waals surface area contributed by atoms with Crippen molar-refractivity contribution >= 4 is 27.4 Å². The number of hydrogen-bond acceptors (Lipinski definition) is 5. The van der Waals surface area contributed by atoms with E-state index < -0.39 is 10.0 Å². The number of aryl methyl sites for hydroxylation is 2. The Morgan fingerprint density at radius 1 is 1.12 bits per heavy atom. The van der Waals surface area contributed by atoms with Crippen LogP contribution in [0.1, 0.15) is 11.1 Å². The van der Waals surface area contributed by atoms with Crippen LogP contribution in [0.5, 0.6) is 0 Å². The van der Waals surface area contributed by atoms with E-state index in [2.05, 4.69) is 4.90 Å². The Morgan fingerprint density at radius 3 is 2.42 bits per heavy atom. The van der Waals surface area contributed by atoms with Crippen LogP contribution in [-0.4, -0.2) is 73.7 Å². The lowest BCUT2D eigenvalue weighted by molar-refractivity contribution is 0.142. The number of piperazine rings is 1. The minimum absolute atomic E-state index is 0.413. The molecule has 8 heteroatoms. The van der Waals surface area contributed by atoms with Crippen molar-refractivity contribution in [3.8, 4) is 0 Å². The summed E-state index contributed by atoms with van der Waals surface area (Å²) in [6.45, 7) is 8.36. The smallest absolute Gasteiger partial charge is 0.260 e. The van der Waals surface area contributed by atoms with Gasteiger partial charge in [-0.3, -0.25) is 4.90 Å². The van der Waals surface area contributed by atoms with E-state index >= 15 is 0 Å². The number of ether oxygens (including phenoxy) is 1. The zero-order valence-electron chi connectivity index (χ0n) is 14.1. The fraction of sp³-hybridized carbons (Fsp3) is 0.562. The van der Waals surface area contributed by atoms with Gasteiger partial charge in [-0.15, -0.1) is 0 Å². The molecule has 6 nitrogen and oxygen atoms in total. The van der Waals surface area contributed by atoms with Crippen molar-refractivity contribution in [2.45, 2.75) is 18.7 Å². The highest BCUT2D eigenvalue weighted by molar-refractivity contribution is 7.89. The lowest BCUT2D eigenvalue weighted by Gasteiger charge is -2.35. The van der Waals surface area contributed by atoms with E-state index in [1.165, 1.54) is 0 Å². The van der Waals surface area contributed by atoms with Gasteiger partial charge >= 0.3 is 0 Å². The monoisotopic (exact) mass is 369 g/mol. The van der Waals surface area contributed by atoms with Gasteiger partial charge in [0.1, 0.15) is 6.61 Å². The molecule has 3 rings (SSSR count). The van der Waals surface area contributed by atoms with Gasteiger partial charge in [-0.2, -0.15) is 4.31 Å². The van der Waals surface area contributed by atoms with Crippen molar-refractivity contribution in [3.05, 3.63) is 29.3 Å². The summed E-state index contributed by atoms with van der Waals surface area (Å²) < 4.78 is 32.6. The largest absolute Gasteiger partial charge is 0.469 e. The molecule has 1 aromatic carbocycles. The molecule has 2 fully saturated rings. The van der Waals surface area contributed by atoms with Gasteiger partial charge in [0.15, 0.2) is 0 Å². The van der Waals surface area contributed by atoms with Crippen molar-refractivity contribution in [2.24, 2.45) is 0 Å². The molecular weight excluding hydrogens is 346 g/mol. The molecule has 2 saturated heterocycles. The minimum atomic E-state index is -3.43. The summed E-state index contributed by atoms with van der Waals surface area (Å²) in [6, 6.07) is 5.48. The molecule has 0 N–H and O–H groups in total. The maximum atomic E-state index is 12.9. The quantitative estimate of drug-likeness (QED) is 0.743. The van der Waals surface area contributed by atoms with Crippen molar-refractivity contribution in [3.63, 3.8) is 0 Å². The maximum absolute atomic E-state index is 12.9. The lowest BCUT2D eigenvalue weighted by Crippen LogP contribution is -2.51. The van der Waals surface area contributed by atoms with Crippen LogP contribution < -0.4 is 0 Å². The van der Waals surface area contributed by atoms with Crippen LogP contribution in [0.3, 0.4) is 0 Å². The first-order chi connectivity index (χ1) is 11.4. The highest BCUT2D eigenvalue weighted by Crippen LogP contribution is 2.22. The molecular formula is C16H23N3O3S2. The standard InChI is InChI=1S/C16H23N3O3S2/c1-13-3-4-15(14(2)11-13)24(20,21)19-7-5-17(6-8-19)12-18-9-10-22-16(18)23/h3-4,11H,5-10,12H2,1-2H3. The van der Waals surface area contributed by atoms with E-state index in [9.17, 15) is 8.42 Å². The van der Waals surface area contributed by atoms with Crippen molar-refractivity contribution in [2.75, 3.05) is 46.0 Å². The van der Waals surface area contributed by atoms with Gasteiger partial charge in [0, 0.05) is 26.2 Å². The van der Waals surface area contributed by atoms with Crippen molar-refractivity contribution in [1.29, 1.82) is 0 Å². The maximum Gasteiger partial charge on any atom is 0.260 e. The van der Waals surface area contributed by atoms with E-state index in [1.807, 2.05) is 30.9 Å². The fourth-order valence-electron chi connectivity index (χ4n) is 3.13. The van der Waals surface area contributed by atoms with Crippen LogP contribution >= 0.6 is 12.2 Å². The molecule has 0 atom stereocenters. The van der Waals surface area contributed by atoms with Crippen LogP contribution in [0.4, 0.5) is 0 Å². The van der Waals surface area contributed by atoms with Crippen molar-refractivity contribution in [1.82, 2.24) is 14.1 Å². The molecule has 1 aromatic rings. The number of thiocarbonyl (C=S) groups is 1. The predicted octanol–water partition coefficient (Wildman–Crippen LogP) is 1.18. The summed E-state index contributed by atoms with van der Waals surface area (Å²) in [7, 11) is -3.43. The van der Waals surface area contributed by atoms with E-state index in [4.69, 9.17) is 17.0 Å². The Kier molecular flexibility index (Phi) is 5.10. The lowest BCUT2D eigenvalue weighted by atomic mass is 10.2. The first-order valence-corrected chi connectivity index (χ1v) is 9.94. The summed E-state index contributed by atoms with van der Waals surface area (Å²) in [5.74, 6) is 0. The zero-order valence-corrected chi connectivity index (χ0v) is 15.7. The summed E-state index contributed by atoms with van der Waals surface area (Å²) in [5.41, 5.74) is 1.87. The Labute approximate surface area is 149 Å². The molecule has 0 aromatic heterocycles. The Bertz CT molecular complexity index is 728. The second-order valence-corrected chi connectivity index (χ2v) is 8.57. The molecule has 24 heavy (non-hydrogen) atoms. The first-order valence-electron chi connectivity index (χ1n) is 8.09. The molecule has 0 radical (unpaired) electrons. The summed E-state index contributed by atoms with van der Waals surface area (Å²) in [5, 5.41) is 0.542. The van der Waals surface area contributed by atoms with Crippen LogP contribution in [0.15, 0.2) is 23.1 Å². The Balaban J connectivity index is 1.64. The molecule has 2 heterocycles. The number of benzene rings is 1. The minimum Gasteiger partial charge on any atom is -0.469 e. The molecule has 0 saturated carbocycles. The van der Waals surface area contributed by atoms with Gasteiger partial charge in [-0.05, 0) is 37.7 Å². The average Bonchev–Trinajstić information content (AvgIpc) is 2.92. The highest BCUT2D eigenvalue weighted by atomic mass is 32.2. The van der Waals surface area contributed by atoms with Gasteiger partial charge < -0.3 is 9.64 Å². The third-order valence-corrected chi connectivity index (χ3v) is 6.93. The van der Waals surface area contributed by atoms with Crippen molar-refractivity contribution < 1.29 is 13.2 Å². The number of sulfonamides is 1. The van der Waals surface area contributed by atoms with E-state index in [-0.39, 0.29) is 0 Å². The van der Waals surface area contributed by atoms with Crippen LogP contribution in [0.25, 0.3) is 0 Å². The summed E-state index contributed by atoms with van der Waals surface area (Å²) in [6.07, 6.45) is 0. The van der Waals surface area contributed by atoms with E-state index in [0.717, 1.165) is 17.7 Å². The van der Waals surface area contributed by atoms with E-state index in [1.54, 1.807) is 10.4 Å². The molecule has 0 amide bonds. The van der Waals surface area contributed by atoms with Gasteiger partial charge in [-0.1, -0.05) is 17.7 Å². The average molecular weight is 370 g/mol. The topological polar surface area (TPSA) is 53.1 Å². The molecule has 0 spiro atoms. The van der Waals surface area contributed by atoms with Crippen LogP contribution in [-0.2, 0) is 14.8 Å². The normalized spacial score (nSPS) is 20.4. The Morgan fingerprint density at radius 2 is 1.83 bits per heavy atom. The first kappa shape index (κ1) is 17.6. The second kappa shape index (κ2) is 6.95. The Hall–Kier alpha value is -1.22. The number of hydrogen-bond donors (Lipinski definition) is 0. The highest BCUT2D eigenvalue weighted by Gasteiger charge is 2.30. The van der Waals surface area contributed by atoms with Gasteiger partial charge in [0.05, 0.1) is 18.1 Å². The summed E-state index contributed by atoms with van der Waals surface area (Å²) in [4.78, 5) is 4.65. The van der Waals surface area contributed by atoms with E-state index in [0.29, 0.717) is 49.5 Å². The predicted molar refractivity (Wildman–Crippen MR) is 96.4 cm³/mol. The van der Waals surface area contributed by atoms with Crippen LogP contribution in [0.2, 0.25) is 0 Å². The van der Waals surface area contributed by atoms with Gasteiger partial charge in [-0.25, -0.2) is 8.42 Å². The fourth-order valence-corrected chi connectivity index (χ4v) is 5.00. The zero-order chi connectivity index (χ0) is 17.3. The van der Waals surface area contributed by atoms with Gasteiger partial charge in [0.25, 0.3) is 5.17 Å². The molecule has 2 aliphatic rings. The second-order valence-electron chi connectivity index (χ2n) is 6.31. The summed E-state index contributed by atoms with van der Waals surface area (Å²) >= 11 is 5.15. The number of rotatable bonds is 4.